The number of carbonyl (C=O) groups is 2. The molecule has 1 N–H and O–H groups in total. The maximum absolute atomic E-state index is 14.1. The second-order valence-corrected chi connectivity index (χ2v) is 14.1. The lowest BCUT2D eigenvalue weighted by Gasteiger charge is -2.37. The van der Waals surface area contributed by atoms with E-state index in [-0.39, 0.29) is 38.0 Å². The minimum atomic E-state index is -3.77. The molecule has 1 aliphatic rings. The molecule has 0 radical (unpaired) electrons. The van der Waals surface area contributed by atoms with Crippen LogP contribution in [-0.4, -0.2) is 61.7 Å². The lowest BCUT2D eigenvalue weighted by Crippen LogP contribution is -2.56. The summed E-state index contributed by atoms with van der Waals surface area (Å²) in [6, 6.07) is 27.9. The summed E-state index contributed by atoms with van der Waals surface area (Å²) in [7, 11) is -3.77. The van der Waals surface area contributed by atoms with E-state index in [0.29, 0.717) is 11.3 Å². The first kappa shape index (κ1) is 33.1. The maximum atomic E-state index is 14.1. The highest BCUT2D eigenvalue weighted by molar-refractivity contribution is 7.89. The van der Waals surface area contributed by atoms with Crippen molar-refractivity contribution < 1.29 is 18.0 Å². The van der Waals surface area contributed by atoms with E-state index in [1.54, 1.807) is 4.90 Å². The minimum Gasteiger partial charge on any atom is -0.343 e. The second kappa shape index (κ2) is 14.0. The summed E-state index contributed by atoms with van der Waals surface area (Å²) in [5.41, 5.74) is 7.23. The Labute approximate surface area is 273 Å². The molecule has 4 aromatic carbocycles. The van der Waals surface area contributed by atoms with Gasteiger partial charge >= 0.3 is 0 Å². The van der Waals surface area contributed by atoms with Gasteiger partial charge in [-0.15, -0.1) is 0 Å². The van der Waals surface area contributed by atoms with Crippen LogP contribution in [0.4, 0.5) is 0 Å². The minimum absolute atomic E-state index is 0.182. The number of nitrogens with zero attached hydrogens (tertiary/aromatic N) is 2. The van der Waals surface area contributed by atoms with Crippen LogP contribution in [-0.2, 0) is 26.0 Å². The number of hydrogen-bond donors (Lipinski definition) is 1. The highest BCUT2D eigenvalue weighted by atomic mass is 32.2. The van der Waals surface area contributed by atoms with Crippen molar-refractivity contribution in [2.45, 2.75) is 57.9 Å². The van der Waals surface area contributed by atoms with E-state index in [2.05, 4.69) is 5.32 Å². The molecule has 1 atom stereocenters. The molecule has 5 rings (SSSR count). The molecule has 1 fully saturated rings. The van der Waals surface area contributed by atoms with Crippen LogP contribution in [0.5, 0.6) is 0 Å². The highest BCUT2D eigenvalue weighted by Crippen LogP contribution is 2.32. The van der Waals surface area contributed by atoms with Crippen molar-refractivity contribution in [2.75, 3.05) is 26.2 Å². The first-order valence-electron chi connectivity index (χ1n) is 15.8. The number of sulfonamides is 1. The van der Waals surface area contributed by atoms with Gasteiger partial charge in [0.05, 0.1) is 10.8 Å². The van der Waals surface area contributed by atoms with E-state index < -0.39 is 22.0 Å². The largest absolute Gasteiger partial charge is 0.343 e. The van der Waals surface area contributed by atoms with Gasteiger partial charge in [-0.25, -0.2) is 8.42 Å². The Bertz CT molecular complexity index is 1730. The van der Waals surface area contributed by atoms with Gasteiger partial charge in [0, 0.05) is 32.6 Å². The summed E-state index contributed by atoms with van der Waals surface area (Å²) in [5, 5.41) is 3.10. The van der Waals surface area contributed by atoms with Gasteiger partial charge < -0.3 is 10.2 Å². The molecule has 0 bridgehead atoms. The molecule has 1 heterocycles. The first-order chi connectivity index (χ1) is 22.0. The lowest BCUT2D eigenvalue weighted by molar-refractivity contribution is -0.137. The zero-order valence-corrected chi connectivity index (χ0v) is 28.1. The zero-order valence-electron chi connectivity index (χ0n) is 27.3. The quantitative estimate of drug-likeness (QED) is 0.258. The van der Waals surface area contributed by atoms with Crippen molar-refractivity contribution in [1.82, 2.24) is 14.5 Å². The topological polar surface area (TPSA) is 86.8 Å². The van der Waals surface area contributed by atoms with Crippen molar-refractivity contribution >= 4 is 21.8 Å². The molecule has 0 saturated carbocycles. The van der Waals surface area contributed by atoms with Crippen molar-refractivity contribution in [3.63, 3.8) is 0 Å². The molecular formula is C38H43N3O4S. The Kier molecular flexibility index (Phi) is 10.1. The SMILES string of the molecule is Cc1c(C)c(C)c(S(=O)(=O)N2CCN(C(=O)C(Cc3ccccc3)NC(=O)C(c3ccccc3)c3ccccc3)CC2)c(C)c1C. The Morgan fingerprint density at radius 1 is 0.652 bits per heavy atom. The van der Waals surface area contributed by atoms with Gasteiger partial charge in [-0.2, -0.15) is 4.31 Å². The number of amides is 2. The summed E-state index contributed by atoms with van der Waals surface area (Å²) in [5.74, 6) is -1.07. The molecule has 2 amide bonds. The van der Waals surface area contributed by atoms with Crippen LogP contribution in [0.1, 0.15) is 50.4 Å². The number of rotatable bonds is 9. The van der Waals surface area contributed by atoms with Crippen molar-refractivity contribution in [2.24, 2.45) is 0 Å². The van der Waals surface area contributed by atoms with Crippen molar-refractivity contribution in [3.05, 3.63) is 136 Å². The van der Waals surface area contributed by atoms with E-state index in [4.69, 9.17) is 0 Å². The predicted octanol–water partition coefficient (Wildman–Crippen LogP) is 5.62. The Hall–Kier alpha value is -4.27. The fourth-order valence-electron chi connectivity index (χ4n) is 6.44. The third kappa shape index (κ3) is 6.78. The van der Waals surface area contributed by atoms with Gasteiger partial charge in [-0.05, 0) is 79.1 Å². The van der Waals surface area contributed by atoms with Gasteiger partial charge in [0.15, 0.2) is 0 Å². The van der Waals surface area contributed by atoms with Gasteiger partial charge in [0.2, 0.25) is 21.8 Å². The number of piperazine rings is 1. The van der Waals surface area contributed by atoms with Crippen LogP contribution in [0, 0.1) is 34.6 Å². The van der Waals surface area contributed by atoms with Crippen LogP contribution >= 0.6 is 0 Å². The fraction of sp³-hybridized carbons (Fsp3) is 0.316. The molecule has 0 spiro atoms. The maximum Gasteiger partial charge on any atom is 0.245 e. The molecule has 1 saturated heterocycles. The Balaban J connectivity index is 1.38. The number of nitrogens with one attached hydrogen (secondary N) is 1. The van der Waals surface area contributed by atoms with E-state index in [1.165, 1.54) is 4.31 Å². The molecular weight excluding hydrogens is 595 g/mol. The number of hydrogen-bond acceptors (Lipinski definition) is 4. The van der Waals surface area contributed by atoms with Crippen LogP contribution in [0.3, 0.4) is 0 Å². The molecule has 0 aliphatic carbocycles. The van der Waals surface area contributed by atoms with Gasteiger partial charge in [0.25, 0.3) is 0 Å². The molecule has 1 unspecified atom stereocenters. The van der Waals surface area contributed by atoms with Gasteiger partial charge in [-0.1, -0.05) is 91.0 Å². The lowest BCUT2D eigenvalue weighted by atomic mass is 9.90. The summed E-state index contributed by atoms with van der Waals surface area (Å²) in [6.45, 7) is 10.5. The third-order valence-electron chi connectivity index (χ3n) is 9.50. The fourth-order valence-corrected chi connectivity index (χ4v) is 8.42. The normalized spacial score (nSPS) is 14.7. The van der Waals surface area contributed by atoms with E-state index in [0.717, 1.165) is 44.5 Å². The molecule has 4 aromatic rings. The Morgan fingerprint density at radius 2 is 1.09 bits per heavy atom. The van der Waals surface area contributed by atoms with E-state index in [9.17, 15) is 18.0 Å². The molecule has 46 heavy (non-hydrogen) atoms. The summed E-state index contributed by atoms with van der Waals surface area (Å²) < 4.78 is 29.4. The second-order valence-electron chi connectivity index (χ2n) is 12.2. The monoisotopic (exact) mass is 637 g/mol. The molecule has 240 valence electrons. The molecule has 8 heteroatoms. The molecule has 7 nitrogen and oxygen atoms in total. The first-order valence-corrected chi connectivity index (χ1v) is 17.2. The standard InChI is InChI=1S/C38H43N3O4S/c1-26-27(2)29(4)36(30(5)28(26)3)46(44,45)41-23-21-40(22-24-41)38(43)34(25-31-15-9-6-10-16-31)39-37(42)35(32-17-11-7-12-18-32)33-19-13-8-14-20-33/h6-20,34-35H,21-25H2,1-5H3,(H,39,42). The van der Waals surface area contributed by atoms with Crippen molar-refractivity contribution in [3.8, 4) is 0 Å². The van der Waals surface area contributed by atoms with Crippen LogP contribution < -0.4 is 5.32 Å². The third-order valence-corrected chi connectivity index (χ3v) is 11.7. The molecule has 1 aliphatic heterocycles. The highest BCUT2D eigenvalue weighted by Gasteiger charge is 2.36. The summed E-state index contributed by atoms with van der Waals surface area (Å²) in [6.07, 6.45) is 0.320. The predicted molar refractivity (Wildman–Crippen MR) is 182 cm³/mol. The van der Waals surface area contributed by atoms with Crippen LogP contribution in [0.15, 0.2) is 95.9 Å². The van der Waals surface area contributed by atoms with Crippen LogP contribution in [0.25, 0.3) is 0 Å². The van der Waals surface area contributed by atoms with Crippen molar-refractivity contribution in [1.29, 1.82) is 0 Å². The summed E-state index contributed by atoms with van der Waals surface area (Å²) >= 11 is 0. The van der Waals surface area contributed by atoms with Crippen LogP contribution in [0.2, 0.25) is 0 Å². The average molecular weight is 638 g/mol. The Morgan fingerprint density at radius 3 is 1.57 bits per heavy atom. The average Bonchev–Trinajstić information content (AvgIpc) is 3.07. The van der Waals surface area contributed by atoms with E-state index in [1.807, 2.05) is 126 Å². The molecule has 0 aromatic heterocycles. The number of benzene rings is 4. The van der Waals surface area contributed by atoms with Gasteiger partial charge in [-0.3, -0.25) is 9.59 Å². The summed E-state index contributed by atoms with van der Waals surface area (Å²) in [4.78, 5) is 30.2. The smallest absolute Gasteiger partial charge is 0.245 e. The zero-order chi connectivity index (χ0) is 33.0. The van der Waals surface area contributed by atoms with Gasteiger partial charge in [0.1, 0.15) is 6.04 Å². The number of carbonyl (C=O) groups excluding carboxylic acids is 2. The van der Waals surface area contributed by atoms with E-state index >= 15 is 0 Å².